The Kier molecular flexibility index (Phi) is 9.03. The second kappa shape index (κ2) is 13.0. The minimum absolute atomic E-state index is 0.0683. The molecular weight excluding hydrogens is 652 g/mol. The molecule has 8 nitrogen and oxygen atoms in total. The first-order valence-corrected chi connectivity index (χ1v) is 15.2. The first-order chi connectivity index (χ1) is 22.4. The number of amidine groups is 1. The number of thioether (sulfide) groups is 1. The molecule has 0 aromatic heterocycles. The number of alkyl halides is 6. The molecule has 15 heteroatoms. The number of methoxy groups -OCH3 is 1. The third kappa shape index (κ3) is 7.46. The van der Waals surface area contributed by atoms with Crippen molar-refractivity contribution in [1.29, 1.82) is 0 Å². The molecule has 1 saturated heterocycles. The van der Waals surface area contributed by atoms with Crippen LogP contribution in [0.4, 0.5) is 26.3 Å². The van der Waals surface area contributed by atoms with Crippen molar-refractivity contribution in [2.75, 3.05) is 40.1 Å². The van der Waals surface area contributed by atoms with Gasteiger partial charge in [-0.05, 0) is 65.4 Å². The minimum atomic E-state index is -5.02. The van der Waals surface area contributed by atoms with E-state index in [-0.39, 0.29) is 24.4 Å². The highest BCUT2D eigenvalue weighted by atomic mass is 32.2. The summed E-state index contributed by atoms with van der Waals surface area (Å²) in [7, 11) is 1.33. The predicted molar refractivity (Wildman–Crippen MR) is 161 cm³/mol. The molecule has 3 aromatic rings. The number of carbonyl (C=O) groups is 1. The van der Waals surface area contributed by atoms with Crippen LogP contribution in [-0.4, -0.2) is 61.0 Å². The molecule has 3 aliphatic heterocycles. The number of halogens is 6. The predicted octanol–water partition coefficient (Wildman–Crippen LogP) is 6.83. The summed E-state index contributed by atoms with van der Waals surface area (Å²) < 4.78 is 101. The highest BCUT2D eigenvalue weighted by Gasteiger charge is 2.38. The van der Waals surface area contributed by atoms with Gasteiger partial charge in [0.15, 0.2) is 28.2 Å². The van der Waals surface area contributed by atoms with E-state index in [2.05, 4.69) is 14.8 Å². The number of carbonyl (C=O) groups excluding carboxylic acids is 1. The van der Waals surface area contributed by atoms with Gasteiger partial charge in [0.1, 0.15) is 6.61 Å². The average Bonchev–Trinajstić information content (AvgIpc) is 3.65. The lowest BCUT2D eigenvalue weighted by molar-refractivity contribution is -0.143. The van der Waals surface area contributed by atoms with Gasteiger partial charge < -0.3 is 23.8 Å². The van der Waals surface area contributed by atoms with Gasteiger partial charge in [-0.25, -0.2) is 0 Å². The molecular formula is C32H27F6N3O5S. The summed E-state index contributed by atoms with van der Waals surface area (Å²) in [6, 6.07) is 11.9. The molecule has 0 saturated carbocycles. The lowest BCUT2D eigenvalue weighted by Crippen LogP contribution is -2.47. The van der Waals surface area contributed by atoms with Crippen LogP contribution in [0, 0.1) is 0 Å². The molecule has 0 spiro atoms. The molecule has 0 radical (unpaired) electrons. The molecule has 3 aromatic carbocycles. The molecule has 0 unspecified atom stereocenters. The second-order valence-electron chi connectivity index (χ2n) is 10.8. The first kappa shape index (κ1) is 32.6. The van der Waals surface area contributed by atoms with E-state index in [1.54, 1.807) is 18.2 Å². The monoisotopic (exact) mass is 679 g/mol. The minimum Gasteiger partial charge on any atom is -0.493 e. The zero-order valence-electron chi connectivity index (χ0n) is 24.8. The number of aliphatic imine (C=N–C) groups is 1. The van der Waals surface area contributed by atoms with Gasteiger partial charge in [-0.2, -0.15) is 31.3 Å². The lowest BCUT2D eigenvalue weighted by Gasteiger charge is -2.35. The molecule has 1 fully saturated rings. The van der Waals surface area contributed by atoms with E-state index in [0.717, 1.165) is 42.8 Å². The number of hydrogen-bond donors (Lipinski definition) is 0. The molecule has 6 rings (SSSR count). The van der Waals surface area contributed by atoms with Crippen molar-refractivity contribution < 1.29 is 50.1 Å². The van der Waals surface area contributed by atoms with Gasteiger partial charge in [0, 0.05) is 38.3 Å². The van der Waals surface area contributed by atoms with Crippen LogP contribution in [0.1, 0.15) is 27.8 Å². The number of amides is 1. The molecule has 248 valence electrons. The van der Waals surface area contributed by atoms with E-state index in [4.69, 9.17) is 18.9 Å². The fourth-order valence-corrected chi connectivity index (χ4v) is 6.24. The average molecular weight is 680 g/mol. The summed E-state index contributed by atoms with van der Waals surface area (Å²) in [5, 5.41) is 0.605. The first-order valence-electron chi connectivity index (χ1n) is 14.3. The van der Waals surface area contributed by atoms with Crippen LogP contribution < -0.4 is 18.9 Å². The maximum absolute atomic E-state index is 13.5. The zero-order chi connectivity index (χ0) is 33.3. The summed E-state index contributed by atoms with van der Waals surface area (Å²) in [5.74, 6) is 1.33. The molecule has 0 bridgehead atoms. The normalized spacial score (nSPS) is 17.8. The fraction of sp³-hybridized carbons (Fsp3) is 0.312. The van der Waals surface area contributed by atoms with Crippen molar-refractivity contribution in [3.63, 3.8) is 0 Å². The molecule has 0 atom stereocenters. The van der Waals surface area contributed by atoms with Crippen molar-refractivity contribution in [3.8, 4) is 23.0 Å². The van der Waals surface area contributed by atoms with Crippen LogP contribution in [0.5, 0.6) is 23.0 Å². The molecule has 3 aliphatic rings. The Balaban J connectivity index is 1.07. The van der Waals surface area contributed by atoms with Crippen LogP contribution in [0.3, 0.4) is 0 Å². The number of benzene rings is 3. The Bertz CT molecular complexity index is 1740. The summed E-state index contributed by atoms with van der Waals surface area (Å²) >= 11 is 1.25. The number of nitrogens with zero attached hydrogens (tertiary/aromatic N) is 3. The van der Waals surface area contributed by atoms with E-state index >= 15 is 0 Å². The standard InChI is InChI=1S/C32H27F6N3O5S/c1-43-26-12-19(2-6-24(26)44-17-21-4-5-22(31(33,34)35)15-23(21)32(36,37)38)14-28-29(42)39-30(47-28)41-10-8-40(9-11-41)16-20-3-7-25-27(13-20)46-18-45-25/h2-7,12-15H,8-11,16-18H2,1H3/b28-14+. The Labute approximate surface area is 269 Å². The molecule has 47 heavy (non-hydrogen) atoms. The summed E-state index contributed by atoms with van der Waals surface area (Å²) in [6.07, 6.45) is -8.32. The Morgan fingerprint density at radius 1 is 0.894 bits per heavy atom. The largest absolute Gasteiger partial charge is 0.493 e. The summed E-state index contributed by atoms with van der Waals surface area (Å²) in [4.78, 5) is 21.8. The van der Waals surface area contributed by atoms with Gasteiger partial charge in [-0.1, -0.05) is 18.2 Å². The van der Waals surface area contributed by atoms with Crippen LogP contribution in [0.2, 0.25) is 0 Å². The van der Waals surface area contributed by atoms with Crippen LogP contribution in [0.25, 0.3) is 6.08 Å². The zero-order valence-corrected chi connectivity index (χ0v) is 25.6. The fourth-order valence-electron chi connectivity index (χ4n) is 5.27. The van der Waals surface area contributed by atoms with Gasteiger partial charge >= 0.3 is 12.4 Å². The number of ether oxygens (including phenoxy) is 4. The van der Waals surface area contributed by atoms with Gasteiger partial charge in [0.25, 0.3) is 5.91 Å². The van der Waals surface area contributed by atoms with Gasteiger partial charge in [-0.15, -0.1) is 0 Å². The number of rotatable bonds is 7. The molecule has 0 aliphatic carbocycles. The van der Waals surface area contributed by atoms with Crippen molar-refractivity contribution in [2.24, 2.45) is 4.99 Å². The molecule has 1 amide bonds. The van der Waals surface area contributed by atoms with Crippen molar-refractivity contribution in [3.05, 3.63) is 87.3 Å². The van der Waals surface area contributed by atoms with E-state index in [1.165, 1.54) is 24.9 Å². The maximum Gasteiger partial charge on any atom is 0.416 e. The summed E-state index contributed by atoms with van der Waals surface area (Å²) in [6.45, 7) is 3.25. The van der Waals surface area contributed by atoms with Crippen LogP contribution in [0.15, 0.2) is 64.5 Å². The van der Waals surface area contributed by atoms with Crippen molar-refractivity contribution in [2.45, 2.75) is 25.5 Å². The smallest absolute Gasteiger partial charge is 0.416 e. The highest BCUT2D eigenvalue weighted by Crippen LogP contribution is 2.39. The number of fused-ring (bicyclic) bond motifs is 1. The van der Waals surface area contributed by atoms with E-state index in [9.17, 15) is 31.1 Å². The maximum atomic E-state index is 13.5. The Morgan fingerprint density at radius 2 is 1.66 bits per heavy atom. The number of hydrogen-bond acceptors (Lipinski definition) is 8. The van der Waals surface area contributed by atoms with Crippen molar-refractivity contribution in [1.82, 2.24) is 9.80 Å². The van der Waals surface area contributed by atoms with Gasteiger partial charge in [-0.3, -0.25) is 9.69 Å². The van der Waals surface area contributed by atoms with E-state index in [0.29, 0.717) is 34.8 Å². The summed E-state index contributed by atoms with van der Waals surface area (Å²) in [5.41, 5.74) is -1.64. The quantitative estimate of drug-likeness (QED) is 0.199. The molecule has 0 N–H and O–H groups in total. The van der Waals surface area contributed by atoms with Crippen LogP contribution in [-0.2, 0) is 30.3 Å². The highest BCUT2D eigenvalue weighted by molar-refractivity contribution is 8.18. The van der Waals surface area contributed by atoms with E-state index < -0.39 is 41.6 Å². The van der Waals surface area contributed by atoms with Crippen LogP contribution >= 0.6 is 11.8 Å². The molecule has 3 heterocycles. The third-order valence-electron chi connectivity index (χ3n) is 7.71. The second-order valence-corrected chi connectivity index (χ2v) is 11.8. The Morgan fingerprint density at radius 3 is 2.38 bits per heavy atom. The topological polar surface area (TPSA) is 72.8 Å². The lowest BCUT2D eigenvalue weighted by atomic mass is 10.0. The van der Waals surface area contributed by atoms with Crippen molar-refractivity contribution >= 4 is 28.9 Å². The van der Waals surface area contributed by atoms with E-state index in [1.807, 2.05) is 18.2 Å². The third-order valence-corrected chi connectivity index (χ3v) is 8.75. The SMILES string of the molecule is COc1cc(/C=C2/SC(N3CCN(Cc4ccc5c(c4)OCO5)CC3)=NC2=O)ccc1OCc1ccc(C(F)(F)F)cc1C(F)(F)F. The Hall–Kier alpha value is -4.37. The van der Waals surface area contributed by atoms with Gasteiger partial charge in [0.05, 0.1) is 23.1 Å². The number of piperazine rings is 1. The van der Waals surface area contributed by atoms with Gasteiger partial charge in [0.2, 0.25) is 6.79 Å².